The van der Waals surface area contributed by atoms with Gasteiger partial charge in [-0.3, -0.25) is 0 Å². The first-order chi connectivity index (χ1) is 27.1. The van der Waals surface area contributed by atoms with Crippen molar-refractivity contribution in [3.63, 3.8) is 0 Å². The molecule has 56 heavy (non-hydrogen) atoms. The molecular weight excluding hydrogens is 677 g/mol. The number of rotatable bonds is 10. The minimum Gasteiger partial charge on any atom is -0.309 e. The highest BCUT2D eigenvalue weighted by molar-refractivity contribution is 6.23. The Kier molecular flexibility index (Phi) is 10.2. The van der Waals surface area contributed by atoms with Crippen LogP contribution in [-0.2, 0) is 0 Å². The summed E-state index contributed by atoms with van der Waals surface area (Å²) in [4.78, 5) is 4.99. The van der Waals surface area contributed by atoms with Crippen LogP contribution >= 0.6 is 0 Å². The van der Waals surface area contributed by atoms with Crippen molar-refractivity contribution < 1.29 is 0 Å². The van der Waals surface area contributed by atoms with Crippen LogP contribution in [0.3, 0.4) is 0 Å². The molecule has 0 saturated heterocycles. The summed E-state index contributed by atoms with van der Waals surface area (Å²) in [5, 5.41) is 7.27. The first-order valence-corrected chi connectivity index (χ1v) is 20.5. The molecule has 0 spiro atoms. The topological polar surface area (TPSA) is 6.48 Å². The van der Waals surface area contributed by atoms with Gasteiger partial charge in [0, 0.05) is 44.3 Å². The van der Waals surface area contributed by atoms with Crippen LogP contribution < -0.4 is 9.80 Å². The zero-order valence-electron chi connectivity index (χ0n) is 34.2. The molecule has 0 N–H and O–H groups in total. The molecule has 0 aliphatic carbocycles. The predicted octanol–water partition coefficient (Wildman–Crippen LogP) is 16.6. The van der Waals surface area contributed by atoms with E-state index in [0.29, 0.717) is 23.7 Å². The molecule has 280 valence electrons. The molecule has 8 aromatic rings. The van der Waals surface area contributed by atoms with Crippen LogP contribution in [-0.4, -0.2) is 0 Å². The summed E-state index contributed by atoms with van der Waals surface area (Å²) in [5.41, 5.74) is 12.3. The Morgan fingerprint density at radius 2 is 0.536 bits per heavy atom. The van der Waals surface area contributed by atoms with Gasteiger partial charge in [-0.25, -0.2) is 0 Å². The minimum atomic E-state index is 0.449. The van der Waals surface area contributed by atoms with Gasteiger partial charge in [0.2, 0.25) is 0 Å². The minimum absolute atomic E-state index is 0.449. The maximum atomic E-state index is 2.50. The average Bonchev–Trinajstić information content (AvgIpc) is 3.21. The van der Waals surface area contributed by atoms with Gasteiger partial charge in [-0.15, -0.1) is 0 Å². The molecule has 0 saturated carbocycles. The molecule has 0 radical (unpaired) electrons. The summed E-state index contributed by atoms with van der Waals surface area (Å²) >= 11 is 0. The van der Waals surface area contributed by atoms with E-state index in [4.69, 9.17) is 0 Å². The second kappa shape index (κ2) is 15.3. The highest BCUT2D eigenvalue weighted by Gasteiger charge is 2.25. The third-order valence-corrected chi connectivity index (χ3v) is 11.6. The van der Waals surface area contributed by atoms with Crippen LogP contribution in [0.1, 0.15) is 101 Å². The average molecular weight is 731 g/mol. The summed E-state index contributed by atoms with van der Waals surface area (Å²) < 4.78 is 0. The molecule has 8 aromatic carbocycles. The van der Waals surface area contributed by atoms with Crippen LogP contribution in [0, 0.1) is 0 Å². The van der Waals surface area contributed by atoms with Crippen molar-refractivity contribution in [3.05, 3.63) is 180 Å². The summed E-state index contributed by atoms with van der Waals surface area (Å²) in [5.74, 6) is 1.80. The van der Waals surface area contributed by atoms with Gasteiger partial charge in [0.1, 0.15) is 0 Å². The number of hydrogen-bond donors (Lipinski definition) is 0. The van der Waals surface area contributed by atoms with Crippen molar-refractivity contribution in [2.45, 2.75) is 79.1 Å². The molecule has 0 bridgehead atoms. The lowest BCUT2D eigenvalue weighted by molar-refractivity contribution is 0.866. The molecule has 0 aliphatic heterocycles. The Bertz CT molecular complexity index is 2320. The SMILES string of the molecule is CC(C)c1ccc(N(c2ccc(C(C)C)cc2)c2c3ccccc3cc3c(N(c4ccc(C(C)C)cc4)c4ccc(C(C)C)cc4)c4ccccc4cc23)cc1. The van der Waals surface area contributed by atoms with Crippen molar-refractivity contribution in [3.8, 4) is 0 Å². The second-order valence-corrected chi connectivity index (χ2v) is 16.6. The van der Waals surface area contributed by atoms with Gasteiger partial charge in [-0.2, -0.15) is 0 Å². The van der Waals surface area contributed by atoms with E-state index in [9.17, 15) is 0 Å². The highest BCUT2D eigenvalue weighted by atomic mass is 15.2. The zero-order chi connectivity index (χ0) is 39.1. The lowest BCUT2D eigenvalue weighted by atomic mass is 9.93. The van der Waals surface area contributed by atoms with E-state index >= 15 is 0 Å². The van der Waals surface area contributed by atoms with Crippen molar-refractivity contribution in [1.82, 2.24) is 0 Å². The molecule has 0 amide bonds. The van der Waals surface area contributed by atoms with Gasteiger partial charge in [0.15, 0.2) is 0 Å². The fourth-order valence-electron chi connectivity index (χ4n) is 8.16. The summed E-state index contributed by atoms with van der Waals surface area (Å²) in [6.45, 7) is 18.1. The zero-order valence-corrected chi connectivity index (χ0v) is 34.2. The molecule has 0 heterocycles. The fraction of sp³-hybridized carbons (Fsp3) is 0.222. The van der Waals surface area contributed by atoms with E-state index in [1.807, 2.05) is 0 Å². The van der Waals surface area contributed by atoms with Crippen molar-refractivity contribution in [2.75, 3.05) is 9.80 Å². The van der Waals surface area contributed by atoms with Gasteiger partial charge in [0.25, 0.3) is 0 Å². The van der Waals surface area contributed by atoms with Crippen LogP contribution in [0.5, 0.6) is 0 Å². The van der Waals surface area contributed by atoms with E-state index in [1.165, 1.54) is 65.9 Å². The van der Waals surface area contributed by atoms with E-state index in [-0.39, 0.29) is 0 Å². The molecule has 0 aromatic heterocycles. The Morgan fingerprint density at radius 1 is 0.286 bits per heavy atom. The maximum absolute atomic E-state index is 2.50. The predicted molar refractivity (Wildman–Crippen MR) is 245 cm³/mol. The quantitative estimate of drug-likeness (QED) is 0.129. The van der Waals surface area contributed by atoms with Gasteiger partial charge in [-0.05, 0) is 117 Å². The van der Waals surface area contributed by atoms with Gasteiger partial charge in [-0.1, -0.05) is 152 Å². The number of hydrogen-bond acceptors (Lipinski definition) is 2. The van der Waals surface area contributed by atoms with Crippen LogP contribution in [0.15, 0.2) is 158 Å². The molecule has 0 aliphatic rings. The molecular formula is C54H54N2. The molecule has 2 nitrogen and oxygen atoms in total. The Hall–Kier alpha value is -5.86. The van der Waals surface area contributed by atoms with Gasteiger partial charge >= 0.3 is 0 Å². The van der Waals surface area contributed by atoms with E-state index in [0.717, 1.165) is 22.7 Å². The third-order valence-electron chi connectivity index (χ3n) is 11.6. The summed E-state index contributed by atoms with van der Waals surface area (Å²) in [6, 6.07) is 59.5. The molecule has 0 fully saturated rings. The van der Waals surface area contributed by atoms with Crippen molar-refractivity contribution in [2.24, 2.45) is 0 Å². The standard InChI is InChI=1S/C54H54N2/c1-35(2)39-17-25-45(26-18-39)55(46-27-19-40(20-28-46)36(3)4)53-49-15-11-9-13-43(49)34-52-51(53)33-44-14-10-12-16-50(44)54(52)56(47-29-21-41(22-30-47)37(5)6)48-31-23-42(24-32-48)38(7)8/h9-38H,1-8H3. The normalized spacial score (nSPS) is 11.9. The molecule has 2 heteroatoms. The summed E-state index contributed by atoms with van der Waals surface area (Å²) in [7, 11) is 0. The van der Waals surface area contributed by atoms with Crippen LogP contribution in [0.25, 0.3) is 32.3 Å². The molecule has 0 unspecified atom stereocenters. The van der Waals surface area contributed by atoms with E-state index < -0.39 is 0 Å². The maximum Gasteiger partial charge on any atom is 0.0619 e. The van der Waals surface area contributed by atoms with Crippen LogP contribution in [0.2, 0.25) is 0 Å². The lowest BCUT2D eigenvalue weighted by Gasteiger charge is -2.32. The van der Waals surface area contributed by atoms with Crippen LogP contribution in [0.4, 0.5) is 34.1 Å². The molecule has 8 rings (SSSR count). The Morgan fingerprint density at radius 3 is 0.786 bits per heavy atom. The summed E-state index contributed by atoms with van der Waals surface area (Å²) in [6.07, 6.45) is 0. The van der Waals surface area contributed by atoms with E-state index in [1.54, 1.807) is 0 Å². The fourth-order valence-corrected chi connectivity index (χ4v) is 8.16. The second-order valence-electron chi connectivity index (χ2n) is 16.6. The lowest BCUT2D eigenvalue weighted by Crippen LogP contribution is -2.14. The number of benzene rings is 8. The third kappa shape index (κ3) is 6.94. The monoisotopic (exact) mass is 730 g/mol. The number of fused-ring (bicyclic) bond motifs is 3. The Labute approximate surface area is 334 Å². The Balaban J connectivity index is 1.50. The highest BCUT2D eigenvalue weighted by Crippen LogP contribution is 2.51. The number of anilines is 6. The molecule has 0 atom stereocenters. The number of nitrogens with zero attached hydrogens (tertiary/aromatic N) is 2. The van der Waals surface area contributed by atoms with Crippen molar-refractivity contribution in [1.29, 1.82) is 0 Å². The first kappa shape index (κ1) is 37.1. The smallest absolute Gasteiger partial charge is 0.0619 e. The first-order valence-electron chi connectivity index (χ1n) is 20.5. The van der Waals surface area contributed by atoms with E-state index in [2.05, 4.69) is 223 Å². The largest absolute Gasteiger partial charge is 0.309 e. The van der Waals surface area contributed by atoms with Crippen molar-refractivity contribution >= 4 is 66.4 Å². The van der Waals surface area contributed by atoms with Gasteiger partial charge < -0.3 is 9.80 Å². The van der Waals surface area contributed by atoms with Gasteiger partial charge in [0.05, 0.1) is 11.4 Å².